The molecule has 0 amide bonds. The molecule has 0 radical (unpaired) electrons. The van der Waals surface area contributed by atoms with E-state index in [9.17, 15) is 70.9 Å². The molecule has 0 spiro atoms. The van der Waals surface area contributed by atoms with E-state index in [1.807, 2.05) is 0 Å². The van der Waals surface area contributed by atoms with Crippen LogP contribution in [-0.4, -0.2) is 166 Å². The first kappa shape index (κ1) is 47.4. The molecule has 22 heteroatoms. The van der Waals surface area contributed by atoms with Crippen LogP contribution in [0, 0.1) is 5.92 Å². The molecule has 15 unspecified atom stereocenters. The molecule has 3 fully saturated rings. The second-order valence-corrected chi connectivity index (χ2v) is 15.8. The SMILES string of the molecule is CC1OC(OCC2OC(Oc3c(-c4ccc(O)c(O)c4)oc4cc(O)cc(O)c4c3=O)C(O)C(OC(=O)/C=C/c3ccc(O)cc3)C2O)C(O)C(OC2OC(CO)C(C)C(O)C2O)C1O. The van der Waals surface area contributed by atoms with E-state index < -0.39 is 156 Å². The lowest BCUT2D eigenvalue weighted by Gasteiger charge is -2.46. The monoisotopic (exact) mass is 916 g/mol. The lowest BCUT2D eigenvalue weighted by molar-refractivity contribution is -0.358. The summed E-state index contributed by atoms with van der Waals surface area (Å²) >= 11 is 0. The second kappa shape index (κ2) is 19.5. The van der Waals surface area contributed by atoms with Crippen molar-refractivity contribution in [1.82, 2.24) is 0 Å². The summed E-state index contributed by atoms with van der Waals surface area (Å²) in [4.78, 5) is 27.3. The van der Waals surface area contributed by atoms with Gasteiger partial charge in [0.1, 0.15) is 64.8 Å². The molecule has 0 bridgehead atoms. The van der Waals surface area contributed by atoms with Gasteiger partial charge in [-0.1, -0.05) is 19.1 Å². The van der Waals surface area contributed by atoms with E-state index in [0.717, 1.165) is 30.3 Å². The first-order valence-electron chi connectivity index (χ1n) is 20.2. The largest absolute Gasteiger partial charge is 0.508 e. The Morgan fingerprint density at radius 3 is 2.08 bits per heavy atom. The normalized spacial score (nSPS) is 33.0. The molecule has 352 valence electrons. The van der Waals surface area contributed by atoms with Gasteiger partial charge in [-0.05, 0) is 48.9 Å². The van der Waals surface area contributed by atoms with E-state index in [1.165, 1.54) is 50.3 Å². The molecule has 4 heterocycles. The lowest BCUT2D eigenvalue weighted by Crippen LogP contribution is -2.64. The maximum atomic E-state index is 14.1. The molecule has 15 atom stereocenters. The van der Waals surface area contributed by atoms with Crippen LogP contribution in [0.2, 0.25) is 0 Å². The number of ether oxygens (including phenoxy) is 7. The molecule has 4 aromatic rings. The van der Waals surface area contributed by atoms with Crippen molar-refractivity contribution >= 4 is 23.0 Å². The molecular formula is C43H48O22. The molecule has 3 saturated heterocycles. The molecule has 1 aromatic heterocycles. The Hall–Kier alpha value is -5.60. The quantitative estimate of drug-likeness (QED) is 0.0479. The van der Waals surface area contributed by atoms with Gasteiger partial charge in [0.15, 0.2) is 42.0 Å². The summed E-state index contributed by atoms with van der Waals surface area (Å²) in [6.45, 7) is 1.58. The average Bonchev–Trinajstić information content (AvgIpc) is 3.27. The van der Waals surface area contributed by atoms with Crippen molar-refractivity contribution in [2.45, 2.75) is 99.9 Å². The van der Waals surface area contributed by atoms with Crippen molar-refractivity contribution in [3.8, 4) is 45.8 Å². The summed E-state index contributed by atoms with van der Waals surface area (Å²) in [6.07, 6.45) is -21.2. The van der Waals surface area contributed by atoms with E-state index in [2.05, 4.69) is 0 Å². The fourth-order valence-corrected chi connectivity index (χ4v) is 7.58. The van der Waals surface area contributed by atoms with Gasteiger partial charge in [0, 0.05) is 29.7 Å². The molecule has 65 heavy (non-hydrogen) atoms. The fourth-order valence-electron chi connectivity index (χ4n) is 7.58. The number of carbonyl (C=O) groups excluding carboxylic acids is 1. The fraction of sp³-hybridized carbons (Fsp3) is 0.442. The molecule has 3 aliphatic heterocycles. The van der Waals surface area contributed by atoms with Crippen LogP contribution in [-0.2, 0) is 33.2 Å². The number of fused-ring (bicyclic) bond motifs is 1. The summed E-state index contributed by atoms with van der Waals surface area (Å²) < 4.78 is 46.2. The first-order chi connectivity index (χ1) is 30.9. The van der Waals surface area contributed by atoms with Crippen molar-refractivity contribution in [3.63, 3.8) is 0 Å². The zero-order valence-corrected chi connectivity index (χ0v) is 34.4. The highest BCUT2D eigenvalue weighted by Gasteiger charge is 2.52. The van der Waals surface area contributed by atoms with Gasteiger partial charge in [0.25, 0.3) is 0 Å². The van der Waals surface area contributed by atoms with Crippen molar-refractivity contribution in [1.29, 1.82) is 0 Å². The Kier molecular flexibility index (Phi) is 14.2. The summed E-state index contributed by atoms with van der Waals surface area (Å²) in [5, 5.41) is 127. The van der Waals surface area contributed by atoms with Gasteiger partial charge in [-0.15, -0.1) is 0 Å². The third kappa shape index (κ3) is 9.84. The lowest BCUT2D eigenvalue weighted by atomic mass is 9.91. The third-order valence-corrected chi connectivity index (χ3v) is 11.3. The highest BCUT2D eigenvalue weighted by Crippen LogP contribution is 2.40. The highest BCUT2D eigenvalue weighted by atomic mass is 16.7. The minimum absolute atomic E-state index is 0.0424. The summed E-state index contributed by atoms with van der Waals surface area (Å²) in [5.74, 6) is -5.62. The molecule has 0 aliphatic carbocycles. The van der Waals surface area contributed by atoms with E-state index in [1.54, 1.807) is 0 Å². The van der Waals surface area contributed by atoms with Gasteiger partial charge >= 0.3 is 5.97 Å². The Morgan fingerprint density at radius 1 is 0.692 bits per heavy atom. The maximum absolute atomic E-state index is 14.1. The van der Waals surface area contributed by atoms with Crippen LogP contribution in [0.4, 0.5) is 0 Å². The first-order valence-corrected chi connectivity index (χ1v) is 20.2. The average molecular weight is 917 g/mol. The van der Waals surface area contributed by atoms with Crippen molar-refractivity contribution < 1.29 is 104 Å². The molecule has 22 nitrogen and oxygen atoms in total. The van der Waals surface area contributed by atoms with Crippen LogP contribution < -0.4 is 10.2 Å². The van der Waals surface area contributed by atoms with Crippen LogP contribution in [0.1, 0.15) is 19.4 Å². The highest BCUT2D eigenvalue weighted by molar-refractivity contribution is 5.89. The summed E-state index contributed by atoms with van der Waals surface area (Å²) in [5.41, 5.74) is -1.13. The standard InChI is InChI=1S/C43H48O22/c1-16-26(14-44)61-42(34(55)30(16)51)64-38-31(52)17(2)59-41(35(38)56)58-15-27-32(53)39(63-28(50)10-5-18-3-7-20(45)8-4-18)36(57)43(62-27)65-40-33(54)29-24(49)12-21(46)13-25(29)60-37(40)19-6-9-22(47)23(48)11-19/h3-13,16-17,26-27,30-32,34-36,38-39,41-49,51-53,55-57H,14-15H2,1-2H3/b10-5+. The van der Waals surface area contributed by atoms with Crippen LogP contribution in [0.25, 0.3) is 28.4 Å². The van der Waals surface area contributed by atoms with E-state index in [0.29, 0.717) is 5.56 Å². The molecule has 7 rings (SSSR count). The zero-order chi connectivity index (χ0) is 47.0. The topological polar surface area (TPSA) is 355 Å². The van der Waals surface area contributed by atoms with Crippen LogP contribution in [0.15, 0.2) is 69.9 Å². The van der Waals surface area contributed by atoms with Crippen LogP contribution in [0.3, 0.4) is 0 Å². The number of hydrogen-bond donors (Lipinski definition) is 12. The number of phenols is 5. The van der Waals surface area contributed by atoms with Gasteiger partial charge in [-0.25, -0.2) is 4.79 Å². The van der Waals surface area contributed by atoms with Gasteiger partial charge in [0.05, 0.1) is 31.5 Å². The van der Waals surface area contributed by atoms with Crippen LogP contribution in [0.5, 0.6) is 34.5 Å². The summed E-state index contributed by atoms with van der Waals surface area (Å²) in [7, 11) is 0. The number of aromatic hydroxyl groups is 5. The summed E-state index contributed by atoms with van der Waals surface area (Å²) in [6, 6.07) is 10.7. The van der Waals surface area contributed by atoms with Crippen molar-refractivity contribution in [2.75, 3.05) is 13.2 Å². The smallest absolute Gasteiger partial charge is 0.331 e. The Balaban J connectivity index is 1.19. The van der Waals surface area contributed by atoms with Crippen LogP contribution >= 0.6 is 0 Å². The predicted octanol–water partition coefficient (Wildman–Crippen LogP) is -0.618. The van der Waals surface area contributed by atoms with E-state index in [-0.39, 0.29) is 16.9 Å². The van der Waals surface area contributed by atoms with Crippen molar-refractivity contribution in [2.24, 2.45) is 5.92 Å². The second-order valence-electron chi connectivity index (χ2n) is 15.8. The molecule has 3 aliphatic rings. The number of rotatable bonds is 12. The van der Waals surface area contributed by atoms with Gasteiger partial charge in [0.2, 0.25) is 17.5 Å². The van der Waals surface area contributed by atoms with Crippen molar-refractivity contribution in [3.05, 3.63) is 76.5 Å². The molecule has 12 N–H and O–H groups in total. The Morgan fingerprint density at radius 2 is 1.38 bits per heavy atom. The number of carbonyl (C=O) groups is 1. The Bertz CT molecular complexity index is 2400. The molecule has 3 aromatic carbocycles. The Labute approximate surface area is 367 Å². The third-order valence-electron chi connectivity index (χ3n) is 11.3. The predicted molar refractivity (Wildman–Crippen MR) is 217 cm³/mol. The minimum Gasteiger partial charge on any atom is -0.508 e. The number of esters is 1. The van der Waals surface area contributed by atoms with Gasteiger partial charge in [-0.3, -0.25) is 4.79 Å². The van der Waals surface area contributed by atoms with E-state index in [4.69, 9.17) is 37.6 Å². The number of benzene rings is 3. The minimum atomic E-state index is -2.14. The molecule has 0 saturated carbocycles. The van der Waals surface area contributed by atoms with E-state index >= 15 is 0 Å². The van der Waals surface area contributed by atoms with Gasteiger partial charge < -0.3 is 98.9 Å². The molecular weight excluding hydrogens is 868 g/mol. The number of phenolic OH excluding ortho intramolecular Hbond substituents is 5. The number of aliphatic hydroxyl groups excluding tert-OH is 7. The van der Waals surface area contributed by atoms with Gasteiger partial charge in [-0.2, -0.15) is 0 Å². The number of aliphatic hydroxyl groups is 7. The zero-order valence-electron chi connectivity index (χ0n) is 34.4. The number of hydrogen-bond acceptors (Lipinski definition) is 22. The maximum Gasteiger partial charge on any atom is 0.331 e.